The molecule has 0 radical (unpaired) electrons. The molecule has 0 unspecified atom stereocenters. The van der Waals surface area contributed by atoms with E-state index in [0.717, 1.165) is 39.3 Å². The lowest BCUT2D eigenvalue weighted by Crippen LogP contribution is -2.37. The molecule has 1 saturated heterocycles. The summed E-state index contributed by atoms with van der Waals surface area (Å²) in [5.41, 5.74) is 6.70. The number of anilines is 3. The molecule has 0 amide bonds. The number of hydrogen-bond acceptors (Lipinski definition) is 10. The average Bonchev–Trinajstić information content (AvgIpc) is 3.22. The van der Waals surface area contributed by atoms with Gasteiger partial charge in [-0.25, -0.2) is 4.98 Å². The molecule has 3 aromatic rings. The van der Waals surface area contributed by atoms with E-state index in [0.29, 0.717) is 41.3 Å². The lowest BCUT2D eigenvalue weighted by Gasteiger charge is -2.26. The monoisotopic (exact) mass is 455 g/mol. The van der Waals surface area contributed by atoms with E-state index < -0.39 is 0 Å². The summed E-state index contributed by atoms with van der Waals surface area (Å²) in [5.74, 6) is 2.74. The zero-order chi connectivity index (χ0) is 23.0. The molecule has 1 aliphatic rings. The van der Waals surface area contributed by atoms with Gasteiger partial charge >= 0.3 is 0 Å². The van der Waals surface area contributed by atoms with Crippen molar-refractivity contribution in [1.29, 1.82) is 0 Å². The Labute approximate surface area is 192 Å². The molecule has 1 aliphatic heterocycles. The van der Waals surface area contributed by atoms with Crippen LogP contribution in [0.5, 0.6) is 17.2 Å². The standard InChI is InChI=1S/C22H29N7O4/c1-30-17-14-16(25-22-26-21(23)29(27-22)19-6-3-4-7-24-19)15-18(20(17)31-2)33-11-5-8-28-9-12-32-13-10-28/h3-4,6-7,14-15H,5,8-13H2,1-2H3,(H3,23,25,26,27). The Morgan fingerprint density at radius 1 is 1.12 bits per heavy atom. The van der Waals surface area contributed by atoms with E-state index in [4.69, 9.17) is 24.7 Å². The second-order valence-corrected chi connectivity index (χ2v) is 7.38. The topological polar surface area (TPSA) is 122 Å². The predicted molar refractivity (Wildman–Crippen MR) is 124 cm³/mol. The van der Waals surface area contributed by atoms with E-state index in [1.807, 2.05) is 18.2 Å². The first-order valence-electron chi connectivity index (χ1n) is 10.8. The van der Waals surface area contributed by atoms with Crippen LogP contribution in [0.2, 0.25) is 0 Å². The quantitative estimate of drug-likeness (QED) is 0.440. The third-order valence-electron chi connectivity index (χ3n) is 5.18. The maximum Gasteiger partial charge on any atom is 0.248 e. The Hall–Kier alpha value is -3.57. The van der Waals surface area contributed by atoms with Crippen molar-refractivity contribution in [2.45, 2.75) is 6.42 Å². The molecule has 176 valence electrons. The Morgan fingerprint density at radius 3 is 2.67 bits per heavy atom. The summed E-state index contributed by atoms with van der Waals surface area (Å²) >= 11 is 0. The smallest absolute Gasteiger partial charge is 0.248 e. The molecule has 0 atom stereocenters. The molecule has 33 heavy (non-hydrogen) atoms. The van der Waals surface area contributed by atoms with Crippen LogP contribution in [-0.2, 0) is 4.74 Å². The molecule has 1 fully saturated rings. The molecule has 1 aromatic carbocycles. The van der Waals surface area contributed by atoms with Crippen molar-refractivity contribution in [3.63, 3.8) is 0 Å². The molecular formula is C22H29N7O4. The van der Waals surface area contributed by atoms with Gasteiger partial charge in [0.25, 0.3) is 0 Å². The largest absolute Gasteiger partial charge is 0.493 e. The summed E-state index contributed by atoms with van der Waals surface area (Å²) in [6.07, 6.45) is 2.55. The van der Waals surface area contributed by atoms with Crippen molar-refractivity contribution in [1.82, 2.24) is 24.6 Å². The Balaban J connectivity index is 1.47. The van der Waals surface area contributed by atoms with Crippen LogP contribution in [0.1, 0.15) is 6.42 Å². The molecule has 0 saturated carbocycles. The first kappa shape index (κ1) is 22.6. The molecule has 3 heterocycles. The maximum absolute atomic E-state index is 6.05. The summed E-state index contributed by atoms with van der Waals surface area (Å²) in [6, 6.07) is 9.09. The number of hydrogen-bond donors (Lipinski definition) is 2. The van der Waals surface area contributed by atoms with Gasteiger partial charge in [-0.05, 0) is 18.6 Å². The third-order valence-corrected chi connectivity index (χ3v) is 5.18. The molecular weight excluding hydrogens is 426 g/mol. The first-order chi connectivity index (χ1) is 16.2. The number of morpholine rings is 1. The number of pyridine rings is 1. The van der Waals surface area contributed by atoms with Gasteiger partial charge in [0.1, 0.15) is 0 Å². The normalized spacial score (nSPS) is 14.1. The minimum atomic E-state index is 0.219. The van der Waals surface area contributed by atoms with Gasteiger partial charge in [-0.1, -0.05) is 6.07 Å². The Kier molecular flexibility index (Phi) is 7.43. The zero-order valence-corrected chi connectivity index (χ0v) is 18.9. The summed E-state index contributed by atoms with van der Waals surface area (Å²) in [4.78, 5) is 10.9. The molecule has 0 aliphatic carbocycles. The number of nitrogen functional groups attached to an aromatic ring is 1. The van der Waals surface area contributed by atoms with Crippen LogP contribution in [0.15, 0.2) is 36.5 Å². The highest BCUT2D eigenvalue weighted by atomic mass is 16.5. The summed E-state index contributed by atoms with van der Waals surface area (Å²) < 4.78 is 24.0. The zero-order valence-electron chi connectivity index (χ0n) is 18.9. The Morgan fingerprint density at radius 2 is 1.94 bits per heavy atom. The van der Waals surface area contributed by atoms with Crippen LogP contribution in [0.4, 0.5) is 17.6 Å². The molecule has 11 heteroatoms. The van der Waals surface area contributed by atoms with E-state index in [9.17, 15) is 0 Å². The van der Waals surface area contributed by atoms with Gasteiger partial charge in [0, 0.05) is 43.7 Å². The number of methoxy groups -OCH3 is 2. The van der Waals surface area contributed by atoms with Crippen LogP contribution in [0.3, 0.4) is 0 Å². The van der Waals surface area contributed by atoms with Crippen LogP contribution >= 0.6 is 0 Å². The lowest BCUT2D eigenvalue weighted by atomic mass is 10.2. The van der Waals surface area contributed by atoms with E-state index in [1.165, 1.54) is 4.68 Å². The number of nitrogens with two attached hydrogens (primary N) is 1. The molecule has 11 nitrogen and oxygen atoms in total. The highest BCUT2D eigenvalue weighted by molar-refractivity contribution is 5.66. The minimum Gasteiger partial charge on any atom is -0.493 e. The van der Waals surface area contributed by atoms with Crippen LogP contribution in [-0.4, -0.2) is 78.3 Å². The number of nitrogens with one attached hydrogen (secondary N) is 1. The maximum atomic E-state index is 6.05. The molecule has 2 aromatic heterocycles. The van der Waals surface area contributed by atoms with Gasteiger partial charge in [-0.3, -0.25) is 4.90 Å². The second kappa shape index (κ2) is 10.8. The van der Waals surface area contributed by atoms with Crippen LogP contribution < -0.4 is 25.3 Å². The van der Waals surface area contributed by atoms with Crippen molar-refractivity contribution in [2.75, 3.05) is 64.7 Å². The minimum absolute atomic E-state index is 0.219. The fraction of sp³-hybridized carbons (Fsp3) is 0.409. The van der Waals surface area contributed by atoms with Crippen LogP contribution in [0.25, 0.3) is 5.82 Å². The van der Waals surface area contributed by atoms with Crippen molar-refractivity contribution < 1.29 is 18.9 Å². The molecule has 4 rings (SSSR count). The van der Waals surface area contributed by atoms with Crippen molar-refractivity contribution in [2.24, 2.45) is 0 Å². The Bertz CT molecular complexity index is 1040. The van der Waals surface area contributed by atoms with Gasteiger partial charge < -0.3 is 30.0 Å². The molecule has 0 bridgehead atoms. The second-order valence-electron chi connectivity index (χ2n) is 7.38. The number of nitrogens with zero attached hydrogens (tertiary/aromatic N) is 5. The van der Waals surface area contributed by atoms with Crippen LogP contribution in [0, 0.1) is 0 Å². The van der Waals surface area contributed by atoms with Gasteiger partial charge in [0.2, 0.25) is 17.6 Å². The lowest BCUT2D eigenvalue weighted by molar-refractivity contribution is 0.0357. The average molecular weight is 456 g/mol. The first-order valence-corrected chi connectivity index (χ1v) is 10.8. The summed E-state index contributed by atoms with van der Waals surface area (Å²) in [7, 11) is 3.16. The van der Waals surface area contributed by atoms with E-state index in [-0.39, 0.29) is 5.95 Å². The summed E-state index contributed by atoms with van der Waals surface area (Å²) in [5, 5.41) is 7.56. The van der Waals surface area contributed by atoms with Crippen molar-refractivity contribution in [3.8, 4) is 23.1 Å². The summed E-state index contributed by atoms with van der Waals surface area (Å²) in [6.45, 7) is 4.98. The number of ether oxygens (including phenoxy) is 4. The highest BCUT2D eigenvalue weighted by Gasteiger charge is 2.17. The van der Waals surface area contributed by atoms with Gasteiger partial charge in [0.15, 0.2) is 17.3 Å². The predicted octanol–water partition coefficient (Wildman–Crippen LogP) is 2.11. The van der Waals surface area contributed by atoms with Crippen molar-refractivity contribution in [3.05, 3.63) is 36.5 Å². The fourth-order valence-electron chi connectivity index (χ4n) is 3.56. The highest BCUT2D eigenvalue weighted by Crippen LogP contribution is 2.40. The SMILES string of the molecule is COc1cc(Nc2nc(N)n(-c3ccccn3)n2)cc(OCCCN2CCOCC2)c1OC. The van der Waals surface area contributed by atoms with E-state index >= 15 is 0 Å². The van der Waals surface area contributed by atoms with Gasteiger partial charge in [0.05, 0.1) is 34.0 Å². The molecule has 0 spiro atoms. The fourth-order valence-corrected chi connectivity index (χ4v) is 3.56. The van der Waals surface area contributed by atoms with E-state index in [2.05, 4.69) is 25.3 Å². The molecule has 3 N–H and O–H groups in total. The van der Waals surface area contributed by atoms with E-state index in [1.54, 1.807) is 32.5 Å². The number of aromatic nitrogens is 4. The van der Waals surface area contributed by atoms with Gasteiger partial charge in [-0.15, -0.1) is 5.10 Å². The van der Waals surface area contributed by atoms with Gasteiger partial charge in [-0.2, -0.15) is 9.67 Å². The number of benzene rings is 1. The third kappa shape index (κ3) is 5.62. The van der Waals surface area contributed by atoms with Crippen molar-refractivity contribution >= 4 is 17.6 Å². The number of rotatable bonds is 10.